The summed E-state index contributed by atoms with van der Waals surface area (Å²) in [5.41, 5.74) is 0. The van der Waals surface area contributed by atoms with Crippen LogP contribution in [0.15, 0.2) is 0 Å². The number of likely N-dealkylation sites (tertiary alicyclic amines) is 10. The van der Waals surface area contributed by atoms with Crippen molar-refractivity contribution in [2.75, 3.05) is 185 Å². The highest BCUT2D eigenvalue weighted by Gasteiger charge is 2.24. The Morgan fingerprint density at radius 1 is 0.242 bits per heavy atom. The molecule has 0 bridgehead atoms. The molecule has 10 aliphatic heterocycles. The lowest BCUT2D eigenvalue weighted by molar-refractivity contribution is 0.0787. The summed E-state index contributed by atoms with van der Waals surface area (Å²) in [6.45, 7) is 72.6. The van der Waals surface area contributed by atoms with E-state index in [9.17, 15) is 0 Å². The van der Waals surface area contributed by atoms with E-state index in [2.05, 4.69) is 202 Å². The highest BCUT2D eigenvalue weighted by Crippen LogP contribution is 2.20. The summed E-state index contributed by atoms with van der Waals surface area (Å²) in [6.07, 6.45) is 17.0. The second-order valence-corrected chi connectivity index (χ2v) is 29.5. The van der Waals surface area contributed by atoms with Crippen LogP contribution in [0.5, 0.6) is 0 Å². The van der Waals surface area contributed by atoms with E-state index in [0.717, 1.165) is 71.3 Å². The summed E-state index contributed by atoms with van der Waals surface area (Å²) in [5.74, 6) is 9.56. The lowest BCUT2D eigenvalue weighted by Gasteiger charge is -2.40. The molecule has 10 aliphatic rings. The molecule has 10 nitrogen and oxygen atoms in total. The van der Waals surface area contributed by atoms with Crippen LogP contribution in [0.3, 0.4) is 0 Å². The van der Waals surface area contributed by atoms with Gasteiger partial charge in [-0.25, -0.2) is 0 Å². The fraction of sp³-hybridized carbons (Fsp3) is 1.00. The summed E-state index contributed by atoms with van der Waals surface area (Å²) in [4.78, 5) is 24.6. The Hall–Kier alpha value is -0.820. The molecule has 5 unspecified atom stereocenters. The number of halogens is 6. The zero-order valence-electron chi connectivity index (χ0n) is 61.1. The van der Waals surface area contributed by atoms with Gasteiger partial charge in [0.1, 0.15) is 0 Å². The van der Waals surface area contributed by atoms with E-state index >= 15 is 0 Å². The lowest BCUT2D eigenvalue weighted by atomic mass is 9.99. The largest absolute Gasteiger partial charge is 0.306 e. The first-order valence-electron chi connectivity index (χ1n) is 35.4. The lowest BCUT2D eigenvalue weighted by Crippen LogP contribution is -2.48. The predicted molar refractivity (Wildman–Crippen MR) is 426 cm³/mol. The first kappa shape index (κ1) is 121. The first-order valence-corrected chi connectivity index (χ1v) is 35.4. The van der Waals surface area contributed by atoms with Gasteiger partial charge in [-0.3, -0.25) is 0 Å². The van der Waals surface area contributed by atoms with Gasteiger partial charge in [0, 0.05) is 112 Å². The fourth-order valence-electron chi connectivity index (χ4n) is 12.9. The number of hydrogen-bond donors (Lipinski definition) is 0. The smallest absolute Gasteiger partial charge is 0.00388 e. The van der Waals surface area contributed by atoms with Gasteiger partial charge in [-0.15, -0.1) is 0 Å². The molecule has 0 amide bonds. The van der Waals surface area contributed by atoms with Crippen molar-refractivity contribution in [1.29, 1.82) is 0 Å². The van der Waals surface area contributed by atoms with Crippen LogP contribution in [0.1, 0.15) is 269 Å². The molecule has 594 valence electrons. The van der Waals surface area contributed by atoms with E-state index in [1.165, 1.54) is 234 Å². The Balaban J connectivity index is -0.0000000791. The maximum Gasteiger partial charge on any atom is 0.00388 e. The van der Waals surface area contributed by atoms with Crippen molar-refractivity contribution in [3.05, 3.63) is 0 Å². The van der Waals surface area contributed by atoms with Crippen LogP contribution in [0.2, 0.25) is 0 Å². The summed E-state index contributed by atoms with van der Waals surface area (Å²) in [6, 6.07) is 1.52. The number of piperidine rings is 5. The minimum absolute atomic E-state index is 0. The van der Waals surface area contributed by atoms with Gasteiger partial charge < -0.3 is 49.0 Å². The standard InChI is InChI=1S/C9H19N.2C8H17N.4C7H15N.2C6H13N.C5H11N.9CH4.3F2/c1-8(2)10-6-4-5-9(3)7-10;1-3-9-6-4-8(2)5-7-9;1-3-9-6-4-5-8(2)7-9;1-6(2)8-4-7(3)5-8;1-7-3-5-8(2)6-4-7;1-7-4-3-5-8(2)6-7;1-3-8-5-4-7(2)6-8;1-6-3-4-7(2)5-6;1-3-7-4-6(2)5-7;1-5-3-6(2)4-5;;;;;;;;;;3*1-2/h8-9H,4-7H2,1-3H3;2*8H,3-7H2,1-2H3;6-7H,4-5H2,1-3H3;3*7H,3-6H2,1-2H3;2*6H,3-5H2,1-2H3;5H,3-4H2,1-2H3;9*1H4;;;. The summed E-state index contributed by atoms with van der Waals surface area (Å²) < 4.78 is 48.0. The van der Waals surface area contributed by atoms with Gasteiger partial charge >= 0.3 is 0 Å². The van der Waals surface area contributed by atoms with E-state index in [0.29, 0.717) is 0 Å². The topological polar surface area (TPSA) is 32.4 Å². The number of nitrogens with zero attached hydrogens (tertiary/aromatic N) is 10. The van der Waals surface area contributed by atoms with Crippen LogP contribution in [-0.4, -0.2) is 246 Å². The van der Waals surface area contributed by atoms with E-state index < -0.39 is 0 Å². The molecular weight excluding hydrogens is 1200 g/mol. The van der Waals surface area contributed by atoms with Crippen molar-refractivity contribution in [3.8, 4) is 0 Å². The quantitative estimate of drug-likeness (QED) is 0.240. The van der Waals surface area contributed by atoms with E-state index in [1.54, 1.807) is 0 Å². The van der Waals surface area contributed by atoms with Gasteiger partial charge in [0.15, 0.2) is 0 Å². The molecule has 16 heteroatoms. The molecule has 10 rings (SSSR count). The zero-order chi connectivity index (χ0) is 66.2. The van der Waals surface area contributed by atoms with Gasteiger partial charge in [0.05, 0.1) is 0 Å². The van der Waals surface area contributed by atoms with Crippen molar-refractivity contribution in [2.45, 2.75) is 281 Å². The van der Waals surface area contributed by atoms with Crippen LogP contribution in [0.25, 0.3) is 0 Å². The zero-order valence-corrected chi connectivity index (χ0v) is 61.1. The van der Waals surface area contributed by atoms with Crippen LogP contribution in [0, 0.1) is 59.2 Å². The molecule has 0 aromatic carbocycles. The van der Waals surface area contributed by atoms with Crippen LogP contribution < -0.4 is 0 Å². The predicted octanol–water partition coefficient (Wildman–Crippen LogP) is 21.7. The Morgan fingerprint density at radius 2 is 0.495 bits per heavy atom. The molecule has 10 fully saturated rings. The molecule has 0 radical (unpaired) electrons. The van der Waals surface area contributed by atoms with E-state index in [4.69, 9.17) is 27.4 Å². The van der Waals surface area contributed by atoms with Crippen LogP contribution in [-0.2, 0) is 0 Å². The third-order valence-electron chi connectivity index (χ3n) is 19.0. The van der Waals surface area contributed by atoms with Gasteiger partial charge in [-0.2, -0.15) is 0 Å². The van der Waals surface area contributed by atoms with Crippen molar-refractivity contribution >= 4 is 0 Å². The molecule has 0 N–H and O–H groups in total. The second-order valence-electron chi connectivity index (χ2n) is 29.5. The molecule has 5 atom stereocenters. The molecule has 0 aromatic rings. The van der Waals surface area contributed by atoms with Gasteiger partial charge in [-0.1, -0.05) is 164 Å². The Bertz CT molecular complexity index is 1370. The minimum Gasteiger partial charge on any atom is -0.306 e. The van der Waals surface area contributed by atoms with Crippen molar-refractivity contribution in [3.63, 3.8) is 0 Å². The monoisotopic (exact) mass is 1390 g/mol. The normalized spacial score (nSPS) is 24.3. The van der Waals surface area contributed by atoms with Gasteiger partial charge in [-0.05, 0) is 277 Å². The van der Waals surface area contributed by atoms with Gasteiger partial charge in [0.25, 0.3) is 0 Å². The average molecular weight is 1390 g/mol. The van der Waals surface area contributed by atoms with Crippen molar-refractivity contribution in [2.24, 2.45) is 59.2 Å². The molecular formula is C79H186F6N10. The van der Waals surface area contributed by atoms with Crippen molar-refractivity contribution in [1.82, 2.24) is 49.0 Å². The van der Waals surface area contributed by atoms with E-state index in [-0.39, 0.29) is 66.8 Å². The molecule has 10 heterocycles. The Labute approximate surface area is 598 Å². The number of hydrogen-bond acceptors (Lipinski definition) is 10. The van der Waals surface area contributed by atoms with Crippen LogP contribution in [0.4, 0.5) is 27.4 Å². The molecule has 10 saturated heterocycles. The summed E-state index contributed by atoms with van der Waals surface area (Å²) in [5, 5.41) is 0. The molecule has 0 spiro atoms. The third kappa shape index (κ3) is 67.4. The highest BCUT2D eigenvalue weighted by molar-refractivity contribution is 4.79. The van der Waals surface area contributed by atoms with Gasteiger partial charge in [0.2, 0.25) is 0 Å². The fourth-order valence-corrected chi connectivity index (χ4v) is 12.9. The molecule has 95 heavy (non-hydrogen) atoms. The first-order chi connectivity index (χ1) is 40.9. The minimum atomic E-state index is 0. The SMILES string of the molecule is C.C.C.C.C.C.C.C.C.CC1CCCN(C(C)C)C1.CC1CCCN(C)C1.CC1CCN(C)C1.CC1CCN(C)CC1.CC1CN(C(C)C)C1.CC1CN(C)C1.CCN1CC(C)C1.CCN1CCC(C)C1.CCN1CCC(C)CC1.CCN1CCCC(C)C1.FF.FF.FF. The maximum absolute atomic E-state index is 8.00. The molecule has 0 aliphatic carbocycles. The van der Waals surface area contributed by atoms with Crippen molar-refractivity contribution < 1.29 is 27.4 Å². The second kappa shape index (κ2) is 77.3. The maximum atomic E-state index is 8.00. The summed E-state index contributed by atoms with van der Waals surface area (Å²) in [7, 11) is 8.74. The number of rotatable bonds is 6. The summed E-state index contributed by atoms with van der Waals surface area (Å²) >= 11 is 0. The van der Waals surface area contributed by atoms with Crippen LogP contribution >= 0.6 is 0 Å². The Kier molecular flexibility index (Phi) is 98.6. The Morgan fingerprint density at radius 3 is 0.695 bits per heavy atom. The molecule has 0 aromatic heterocycles. The average Bonchev–Trinajstić information content (AvgIpc) is 1.70. The van der Waals surface area contributed by atoms with E-state index in [1.807, 2.05) is 0 Å². The third-order valence-corrected chi connectivity index (χ3v) is 19.0. The molecule has 0 saturated carbocycles. The highest BCUT2D eigenvalue weighted by atomic mass is 20.0.